The van der Waals surface area contributed by atoms with E-state index in [0.29, 0.717) is 0 Å². The van der Waals surface area contributed by atoms with Crippen LogP contribution in [-0.2, 0) is 5.41 Å². The van der Waals surface area contributed by atoms with Crippen LogP contribution in [0.1, 0.15) is 27.9 Å². The van der Waals surface area contributed by atoms with Crippen molar-refractivity contribution in [1.82, 2.24) is 0 Å². The molecule has 2 aromatic rings. The second-order valence-corrected chi connectivity index (χ2v) is 5.90. The second kappa shape index (κ2) is 7.04. The van der Waals surface area contributed by atoms with Crippen LogP contribution in [0.3, 0.4) is 0 Å². The van der Waals surface area contributed by atoms with Crippen molar-refractivity contribution in [2.45, 2.75) is 24.9 Å². The molecular weight excluding hydrogens is 335 g/mol. The molecule has 0 spiro atoms. The number of ketones is 1. The molecule has 0 fully saturated rings. The van der Waals surface area contributed by atoms with Crippen LogP contribution >= 0.6 is 0 Å². The van der Waals surface area contributed by atoms with Gasteiger partial charge in [-0.25, -0.2) is 0 Å². The zero-order chi connectivity index (χ0) is 18.7. The first-order valence-corrected chi connectivity index (χ1v) is 7.50. The molecule has 1 atom stereocenters. The molecule has 0 aliphatic rings. The Labute approximate surface area is 142 Å². The molecule has 0 aliphatic carbocycles. The van der Waals surface area contributed by atoms with Gasteiger partial charge in [-0.2, -0.15) is 13.2 Å². The summed E-state index contributed by atoms with van der Waals surface area (Å²) < 4.78 is 41.7. The third kappa shape index (κ3) is 4.04. The lowest BCUT2D eigenvalue weighted by Gasteiger charge is -2.32. The predicted octanol–water partition coefficient (Wildman–Crippen LogP) is 4.34. The number of hydrogen-bond donors (Lipinski definition) is 0. The van der Waals surface area contributed by atoms with Crippen molar-refractivity contribution in [3.05, 3.63) is 81.4 Å². The zero-order valence-electron chi connectivity index (χ0n) is 13.4. The molecular formula is C18H16F3NO3. The van der Waals surface area contributed by atoms with Gasteiger partial charge in [-0.1, -0.05) is 60.2 Å². The van der Waals surface area contributed by atoms with Gasteiger partial charge in [0.1, 0.15) is 0 Å². The van der Waals surface area contributed by atoms with Crippen LogP contribution in [0.4, 0.5) is 13.2 Å². The number of nitro groups is 1. The summed E-state index contributed by atoms with van der Waals surface area (Å²) in [7, 11) is 0. The number of carbonyl (C=O) groups excluding carboxylic acids is 1. The van der Waals surface area contributed by atoms with Gasteiger partial charge in [0.25, 0.3) is 0 Å². The molecule has 0 aliphatic heterocycles. The van der Waals surface area contributed by atoms with Crippen LogP contribution in [0.5, 0.6) is 0 Å². The molecule has 0 saturated heterocycles. The highest BCUT2D eigenvalue weighted by molar-refractivity contribution is 5.97. The van der Waals surface area contributed by atoms with Gasteiger partial charge in [-0.05, 0) is 12.5 Å². The first-order valence-electron chi connectivity index (χ1n) is 7.50. The molecule has 132 valence electrons. The second-order valence-electron chi connectivity index (χ2n) is 5.90. The summed E-state index contributed by atoms with van der Waals surface area (Å²) in [5.74, 6) is -0.789. The van der Waals surface area contributed by atoms with Crippen molar-refractivity contribution in [1.29, 1.82) is 0 Å². The Morgan fingerprint density at radius 2 is 1.60 bits per heavy atom. The molecule has 0 N–H and O–H groups in total. The number of alkyl halides is 3. The highest BCUT2D eigenvalue weighted by atomic mass is 19.4. The Bertz CT molecular complexity index is 757. The minimum Gasteiger partial charge on any atom is -0.294 e. The summed E-state index contributed by atoms with van der Waals surface area (Å²) in [6.45, 7) is 0.378. The average Bonchev–Trinajstić information content (AvgIpc) is 2.54. The number of carbonyl (C=O) groups is 1. The Morgan fingerprint density at radius 3 is 2.08 bits per heavy atom. The maximum Gasteiger partial charge on any atom is 0.405 e. The molecule has 2 rings (SSSR count). The van der Waals surface area contributed by atoms with E-state index in [1.165, 1.54) is 42.5 Å². The van der Waals surface area contributed by atoms with Gasteiger partial charge in [0, 0.05) is 16.9 Å². The molecule has 0 heterocycles. The molecule has 4 nitrogen and oxygen atoms in total. The summed E-state index contributed by atoms with van der Waals surface area (Å²) in [4.78, 5) is 22.4. The number of aryl methyl sites for hydroxylation is 1. The molecule has 0 bridgehead atoms. The largest absolute Gasteiger partial charge is 0.405 e. The lowest BCUT2D eigenvalue weighted by Crippen LogP contribution is -2.49. The quantitative estimate of drug-likeness (QED) is 0.442. The van der Waals surface area contributed by atoms with E-state index in [1.54, 1.807) is 19.1 Å². The molecule has 0 aromatic heterocycles. The molecule has 0 amide bonds. The average molecular weight is 351 g/mol. The Kier molecular flexibility index (Phi) is 5.25. The van der Waals surface area contributed by atoms with Gasteiger partial charge in [-0.15, -0.1) is 0 Å². The van der Waals surface area contributed by atoms with Crippen molar-refractivity contribution in [2.75, 3.05) is 6.54 Å². The lowest BCUT2D eigenvalue weighted by atomic mass is 9.74. The van der Waals surface area contributed by atoms with E-state index in [4.69, 9.17) is 0 Å². The maximum atomic E-state index is 13.9. The van der Waals surface area contributed by atoms with Gasteiger partial charge >= 0.3 is 6.18 Å². The van der Waals surface area contributed by atoms with E-state index >= 15 is 0 Å². The van der Waals surface area contributed by atoms with Gasteiger partial charge in [0.15, 0.2) is 11.2 Å². The van der Waals surface area contributed by atoms with Gasteiger partial charge in [-0.3, -0.25) is 14.9 Å². The topological polar surface area (TPSA) is 60.2 Å². The first kappa shape index (κ1) is 18.6. The number of hydrogen-bond acceptors (Lipinski definition) is 3. The van der Waals surface area contributed by atoms with Crippen molar-refractivity contribution >= 4 is 5.78 Å². The predicted molar refractivity (Wildman–Crippen MR) is 86.2 cm³/mol. The first-order chi connectivity index (χ1) is 11.7. The molecule has 0 saturated carbocycles. The van der Waals surface area contributed by atoms with Crippen molar-refractivity contribution in [2.24, 2.45) is 0 Å². The van der Waals surface area contributed by atoms with Gasteiger partial charge < -0.3 is 0 Å². The van der Waals surface area contributed by atoms with Crippen LogP contribution in [-0.4, -0.2) is 23.4 Å². The lowest BCUT2D eigenvalue weighted by molar-refractivity contribution is -0.501. The molecule has 7 heteroatoms. The summed E-state index contributed by atoms with van der Waals surface area (Å²) in [5.41, 5.74) is -2.22. The highest BCUT2D eigenvalue weighted by Crippen LogP contribution is 2.44. The van der Waals surface area contributed by atoms with Crippen LogP contribution < -0.4 is 0 Å². The normalized spacial score (nSPS) is 13.9. The molecule has 0 unspecified atom stereocenters. The van der Waals surface area contributed by atoms with Crippen molar-refractivity contribution < 1.29 is 22.9 Å². The van der Waals surface area contributed by atoms with Crippen LogP contribution in [0.25, 0.3) is 0 Å². The van der Waals surface area contributed by atoms with E-state index in [2.05, 4.69) is 0 Å². The van der Waals surface area contributed by atoms with E-state index in [-0.39, 0.29) is 11.1 Å². The van der Waals surface area contributed by atoms with Crippen LogP contribution in [0.2, 0.25) is 0 Å². The van der Waals surface area contributed by atoms with Crippen LogP contribution in [0, 0.1) is 17.0 Å². The maximum absolute atomic E-state index is 13.9. The van der Waals surface area contributed by atoms with E-state index in [0.717, 1.165) is 5.56 Å². The van der Waals surface area contributed by atoms with E-state index in [1.807, 2.05) is 0 Å². The molecule has 25 heavy (non-hydrogen) atoms. The minimum atomic E-state index is -4.96. The molecule has 0 radical (unpaired) electrons. The van der Waals surface area contributed by atoms with Gasteiger partial charge in [0.2, 0.25) is 6.54 Å². The number of rotatable bonds is 6. The standard InChI is InChI=1S/C18H16F3NO3/c1-13-7-9-14(10-8-13)16(23)11-17(12-22(24)25,18(19,20)21)15-5-3-2-4-6-15/h2-10H,11-12H2,1H3/t17-/m0/s1. The number of nitrogens with zero attached hydrogens (tertiary/aromatic N) is 1. The minimum absolute atomic E-state index is 0.0958. The van der Waals surface area contributed by atoms with Gasteiger partial charge in [0.05, 0.1) is 0 Å². The third-order valence-corrected chi connectivity index (χ3v) is 4.10. The van der Waals surface area contributed by atoms with Crippen molar-refractivity contribution in [3.8, 4) is 0 Å². The fraction of sp³-hybridized carbons (Fsp3) is 0.278. The van der Waals surface area contributed by atoms with Crippen molar-refractivity contribution in [3.63, 3.8) is 0 Å². The van der Waals surface area contributed by atoms with Crippen LogP contribution in [0.15, 0.2) is 54.6 Å². The summed E-state index contributed by atoms with van der Waals surface area (Å²) >= 11 is 0. The monoisotopic (exact) mass is 351 g/mol. The Hall–Kier alpha value is -2.70. The Morgan fingerprint density at radius 1 is 1.04 bits per heavy atom. The molecule has 2 aromatic carbocycles. The number of Topliss-reactive ketones (excluding diaryl/α,β-unsaturated/α-hetero) is 1. The fourth-order valence-electron chi connectivity index (χ4n) is 2.70. The highest BCUT2D eigenvalue weighted by Gasteiger charge is 2.60. The smallest absolute Gasteiger partial charge is 0.294 e. The SMILES string of the molecule is Cc1ccc(C(=O)C[C@](C[N+](=O)[O-])(c2ccccc2)C(F)(F)F)cc1. The van der Waals surface area contributed by atoms with E-state index < -0.39 is 35.3 Å². The van der Waals surface area contributed by atoms with E-state index in [9.17, 15) is 28.1 Å². The third-order valence-electron chi connectivity index (χ3n) is 4.10. The summed E-state index contributed by atoms with van der Waals surface area (Å²) in [6.07, 6.45) is -5.98. The number of benzene rings is 2. The summed E-state index contributed by atoms with van der Waals surface area (Å²) in [5, 5.41) is 11.0. The summed E-state index contributed by atoms with van der Waals surface area (Å²) in [6, 6.07) is 12.7. The zero-order valence-corrected chi connectivity index (χ0v) is 13.4. The fourth-order valence-corrected chi connectivity index (χ4v) is 2.70. The number of halogens is 3. The Balaban J connectivity index is 2.52.